The van der Waals surface area contributed by atoms with Crippen LogP contribution in [-0.4, -0.2) is 16.1 Å². The molecule has 5 aromatic carbocycles. The molecule has 0 aromatic heterocycles. The first-order valence-corrected chi connectivity index (χ1v) is 10.8. The Morgan fingerprint density at radius 2 is 1.39 bits per heavy atom. The van der Waals surface area contributed by atoms with Crippen LogP contribution in [0.4, 0.5) is 0 Å². The smallest absolute Gasteiger partial charge is 0.255 e. The molecule has 0 aliphatic heterocycles. The first kappa shape index (κ1) is 20.6. The molecular formula is C29H23NO3. The number of aryl methyl sites for hydroxylation is 1. The summed E-state index contributed by atoms with van der Waals surface area (Å²) in [5, 5.41) is 28.4. The largest absolute Gasteiger partial charge is 0.507 e. The van der Waals surface area contributed by atoms with Crippen LogP contribution in [0.5, 0.6) is 11.5 Å². The van der Waals surface area contributed by atoms with Crippen molar-refractivity contribution >= 4 is 27.5 Å². The summed E-state index contributed by atoms with van der Waals surface area (Å²) in [5.74, 6) is -0.479. The maximum atomic E-state index is 13.1. The Morgan fingerprint density at radius 1 is 0.758 bits per heavy atom. The lowest BCUT2D eigenvalue weighted by atomic mass is 9.90. The molecule has 162 valence electrons. The molecule has 4 nitrogen and oxygen atoms in total. The second kappa shape index (κ2) is 8.32. The third-order valence-corrected chi connectivity index (χ3v) is 6.00. The molecule has 5 rings (SSSR count). The van der Waals surface area contributed by atoms with Crippen molar-refractivity contribution in [2.75, 3.05) is 0 Å². The second-order valence-corrected chi connectivity index (χ2v) is 8.22. The van der Waals surface area contributed by atoms with E-state index in [0.29, 0.717) is 17.7 Å². The molecule has 0 atom stereocenters. The number of nitrogens with one attached hydrogen (secondary N) is 1. The standard InChI is InChI=1S/C29H23NO3/c1-18-10-12-19(13-11-18)17-30-29(33)24-16-21-7-3-5-9-23(21)27(28(24)32)26-22-8-4-2-6-20(22)14-15-25(26)31/h2-16,31-32H,17H2,1H3,(H,30,33). The van der Waals surface area contributed by atoms with Gasteiger partial charge in [0.1, 0.15) is 11.5 Å². The molecule has 4 heteroatoms. The van der Waals surface area contributed by atoms with Crippen LogP contribution < -0.4 is 5.32 Å². The summed E-state index contributed by atoms with van der Waals surface area (Å²) >= 11 is 0. The maximum absolute atomic E-state index is 13.1. The van der Waals surface area contributed by atoms with Gasteiger partial charge in [0.05, 0.1) is 5.56 Å². The summed E-state index contributed by atoms with van der Waals surface area (Å²) in [6.07, 6.45) is 0. The van der Waals surface area contributed by atoms with Gasteiger partial charge in [-0.3, -0.25) is 4.79 Å². The number of hydrogen-bond acceptors (Lipinski definition) is 3. The van der Waals surface area contributed by atoms with Gasteiger partial charge in [0.25, 0.3) is 5.91 Å². The average Bonchev–Trinajstić information content (AvgIpc) is 2.84. The number of phenolic OH excluding ortho intramolecular Hbond substituents is 2. The van der Waals surface area contributed by atoms with E-state index in [1.807, 2.05) is 85.8 Å². The minimum absolute atomic E-state index is 0.0476. The normalized spacial score (nSPS) is 11.1. The summed E-state index contributed by atoms with van der Waals surface area (Å²) in [4.78, 5) is 13.1. The molecule has 0 unspecified atom stereocenters. The van der Waals surface area contributed by atoms with Crippen LogP contribution in [0.25, 0.3) is 32.7 Å². The third kappa shape index (κ3) is 3.76. The Bertz CT molecular complexity index is 1500. The van der Waals surface area contributed by atoms with E-state index in [0.717, 1.165) is 32.7 Å². The van der Waals surface area contributed by atoms with Crippen LogP contribution in [0, 0.1) is 6.92 Å². The van der Waals surface area contributed by atoms with E-state index in [4.69, 9.17) is 0 Å². The van der Waals surface area contributed by atoms with Crippen molar-refractivity contribution in [2.45, 2.75) is 13.5 Å². The number of hydrogen-bond donors (Lipinski definition) is 3. The number of carbonyl (C=O) groups excluding carboxylic acids is 1. The zero-order chi connectivity index (χ0) is 22.9. The Hall–Kier alpha value is -4.31. The highest BCUT2D eigenvalue weighted by Gasteiger charge is 2.22. The highest BCUT2D eigenvalue weighted by molar-refractivity contribution is 6.13. The molecule has 0 saturated carbocycles. The van der Waals surface area contributed by atoms with Gasteiger partial charge in [0.2, 0.25) is 0 Å². The van der Waals surface area contributed by atoms with Crippen LogP contribution >= 0.6 is 0 Å². The lowest BCUT2D eigenvalue weighted by Crippen LogP contribution is -2.23. The van der Waals surface area contributed by atoms with Crippen LogP contribution in [0.2, 0.25) is 0 Å². The molecule has 0 spiro atoms. The molecule has 0 saturated heterocycles. The molecule has 0 aliphatic carbocycles. The van der Waals surface area contributed by atoms with E-state index in [1.165, 1.54) is 0 Å². The summed E-state index contributed by atoms with van der Waals surface area (Å²) in [5.41, 5.74) is 3.25. The van der Waals surface area contributed by atoms with E-state index in [2.05, 4.69) is 5.32 Å². The zero-order valence-corrected chi connectivity index (χ0v) is 18.2. The monoisotopic (exact) mass is 433 g/mol. The number of rotatable bonds is 4. The topological polar surface area (TPSA) is 69.6 Å². The van der Waals surface area contributed by atoms with Crippen molar-refractivity contribution in [1.29, 1.82) is 0 Å². The van der Waals surface area contributed by atoms with Gasteiger partial charge in [-0.15, -0.1) is 0 Å². The fraction of sp³-hybridized carbons (Fsp3) is 0.0690. The average molecular weight is 434 g/mol. The molecule has 0 aliphatic rings. The van der Waals surface area contributed by atoms with Crippen molar-refractivity contribution < 1.29 is 15.0 Å². The first-order chi connectivity index (χ1) is 16.0. The first-order valence-electron chi connectivity index (χ1n) is 10.8. The number of phenols is 2. The zero-order valence-electron chi connectivity index (χ0n) is 18.2. The SMILES string of the molecule is Cc1ccc(CNC(=O)c2cc3ccccc3c(-c3c(O)ccc4ccccc34)c2O)cc1. The van der Waals surface area contributed by atoms with Crippen molar-refractivity contribution in [3.8, 4) is 22.6 Å². The highest BCUT2D eigenvalue weighted by atomic mass is 16.3. The minimum Gasteiger partial charge on any atom is -0.507 e. The van der Waals surface area contributed by atoms with Crippen molar-refractivity contribution in [1.82, 2.24) is 5.32 Å². The molecule has 33 heavy (non-hydrogen) atoms. The quantitative estimate of drug-likeness (QED) is 0.311. The lowest BCUT2D eigenvalue weighted by Gasteiger charge is -2.17. The van der Waals surface area contributed by atoms with Gasteiger partial charge in [-0.25, -0.2) is 0 Å². The molecule has 0 bridgehead atoms. The van der Waals surface area contributed by atoms with Crippen molar-refractivity contribution in [2.24, 2.45) is 0 Å². The second-order valence-electron chi connectivity index (χ2n) is 8.22. The number of amides is 1. The van der Waals surface area contributed by atoms with E-state index >= 15 is 0 Å². The summed E-state index contributed by atoms with van der Waals surface area (Å²) in [6.45, 7) is 2.36. The van der Waals surface area contributed by atoms with Crippen molar-refractivity contribution in [3.05, 3.63) is 108 Å². The van der Waals surface area contributed by atoms with Gasteiger partial charge in [-0.2, -0.15) is 0 Å². The predicted molar refractivity (Wildman–Crippen MR) is 133 cm³/mol. The Morgan fingerprint density at radius 3 is 2.12 bits per heavy atom. The van der Waals surface area contributed by atoms with Gasteiger partial charge >= 0.3 is 0 Å². The summed E-state index contributed by atoms with van der Waals surface area (Å²) < 4.78 is 0. The minimum atomic E-state index is -0.375. The van der Waals surface area contributed by atoms with Crippen LogP contribution in [0.15, 0.2) is 91.0 Å². The molecule has 0 heterocycles. The maximum Gasteiger partial charge on any atom is 0.255 e. The van der Waals surface area contributed by atoms with E-state index in [1.54, 1.807) is 12.1 Å². The van der Waals surface area contributed by atoms with Gasteiger partial charge in [-0.05, 0) is 46.2 Å². The lowest BCUT2D eigenvalue weighted by molar-refractivity contribution is 0.0948. The van der Waals surface area contributed by atoms with Gasteiger partial charge in [-0.1, -0.05) is 84.4 Å². The Balaban J connectivity index is 1.66. The molecule has 0 fully saturated rings. The fourth-order valence-electron chi connectivity index (χ4n) is 4.27. The van der Waals surface area contributed by atoms with Gasteiger partial charge < -0.3 is 15.5 Å². The molecule has 0 radical (unpaired) electrons. The Labute approximate surface area is 191 Å². The van der Waals surface area contributed by atoms with E-state index < -0.39 is 0 Å². The van der Waals surface area contributed by atoms with E-state index in [-0.39, 0.29) is 23.0 Å². The molecule has 3 N–H and O–H groups in total. The number of carbonyl (C=O) groups is 1. The van der Waals surface area contributed by atoms with Gasteiger partial charge in [0.15, 0.2) is 0 Å². The number of benzene rings is 5. The Kier molecular flexibility index (Phi) is 5.19. The van der Waals surface area contributed by atoms with Gasteiger partial charge in [0, 0.05) is 17.7 Å². The fourth-order valence-corrected chi connectivity index (χ4v) is 4.27. The predicted octanol–water partition coefficient (Wildman–Crippen LogP) is 6.31. The summed E-state index contributed by atoms with van der Waals surface area (Å²) in [6, 6.07) is 28.3. The highest BCUT2D eigenvalue weighted by Crippen LogP contribution is 2.46. The van der Waals surface area contributed by atoms with Crippen molar-refractivity contribution in [3.63, 3.8) is 0 Å². The molecule has 1 amide bonds. The third-order valence-electron chi connectivity index (χ3n) is 6.00. The number of aromatic hydroxyl groups is 2. The van der Waals surface area contributed by atoms with Crippen LogP contribution in [0.3, 0.4) is 0 Å². The number of fused-ring (bicyclic) bond motifs is 2. The molecular weight excluding hydrogens is 410 g/mol. The van der Waals surface area contributed by atoms with Crippen LogP contribution in [0.1, 0.15) is 21.5 Å². The van der Waals surface area contributed by atoms with E-state index in [9.17, 15) is 15.0 Å². The van der Waals surface area contributed by atoms with Crippen LogP contribution in [-0.2, 0) is 6.54 Å². The summed E-state index contributed by atoms with van der Waals surface area (Å²) in [7, 11) is 0. The molecule has 5 aromatic rings.